The molecule has 118 valence electrons. The van der Waals surface area contributed by atoms with Crippen molar-refractivity contribution in [3.8, 4) is 0 Å². The summed E-state index contributed by atoms with van der Waals surface area (Å²) < 4.78 is 6.98. The van der Waals surface area contributed by atoms with Crippen molar-refractivity contribution in [3.05, 3.63) is 34.9 Å². The number of hydrogen-bond acceptors (Lipinski definition) is 4. The number of rotatable bonds is 5. The minimum absolute atomic E-state index is 0.193. The van der Waals surface area contributed by atoms with Gasteiger partial charge in [0.25, 0.3) is 0 Å². The maximum Gasteiger partial charge on any atom is 0.350 e. The van der Waals surface area contributed by atoms with Crippen LogP contribution in [0.4, 0.5) is 0 Å². The zero-order chi connectivity index (χ0) is 16.0. The van der Waals surface area contributed by atoms with Gasteiger partial charge < -0.3 is 4.74 Å². The first kappa shape index (κ1) is 15.4. The highest BCUT2D eigenvalue weighted by Gasteiger charge is 2.69. The third-order valence-corrected chi connectivity index (χ3v) is 5.05. The highest BCUT2D eigenvalue weighted by molar-refractivity contribution is 6.53. The molecule has 1 atom stereocenters. The number of aromatic nitrogens is 3. The molecule has 1 fully saturated rings. The van der Waals surface area contributed by atoms with E-state index in [1.807, 2.05) is 6.07 Å². The average Bonchev–Trinajstić information content (AvgIpc) is 2.85. The molecule has 0 amide bonds. The quantitative estimate of drug-likeness (QED) is 0.473. The fourth-order valence-electron chi connectivity index (χ4n) is 2.27. The van der Waals surface area contributed by atoms with Gasteiger partial charge in [0.1, 0.15) is 9.75 Å². The van der Waals surface area contributed by atoms with Gasteiger partial charge in [-0.05, 0) is 19.1 Å². The molecule has 8 heteroatoms. The number of carbonyl (C=O) groups excluding carboxylic acids is 1. The molecule has 0 aromatic carbocycles. The number of hydrogen-bond donors (Lipinski definition) is 0. The molecule has 2 aromatic rings. The number of alkyl halides is 2. The molecule has 0 bridgehead atoms. The van der Waals surface area contributed by atoms with Gasteiger partial charge in [0.15, 0.2) is 5.65 Å². The average molecular weight is 344 g/mol. The molecule has 1 unspecified atom stereocenters. The smallest absolute Gasteiger partial charge is 0.350 e. The van der Waals surface area contributed by atoms with Crippen molar-refractivity contribution in [3.63, 3.8) is 0 Å². The summed E-state index contributed by atoms with van der Waals surface area (Å²) in [5.74, 6) is -0.403. The lowest BCUT2D eigenvalue weighted by Crippen LogP contribution is -2.24. The summed E-state index contributed by atoms with van der Waals surface area (Å²) in [4.78, 5) is 23.9. The molecule has 0 N–H and O–H groups in total. The van der Waals surface area contributed by atoms with E-state index in [-0.39, 0.29) is 12.3 Å². The van der Waals surface area contributed by atoms with E-state index in [9.17, 15) is 9.59 Å². The number of esters is 1. The fourth-order valence-corrected chi connectivity index (χ4v) is 2.96. The third kappa shape index (κ3) is 2.50. The van der Waals surface area contributed by atoms with E-state index >= 15 is 0 Å². The van der Waals surface area contributed by atoms with Crippen molar-refractivity contribution >= 4 is 34.8 Å². The first-order chi connectivity index (χ1) is 10.3. The van der Waals surface area contributed by atoms with Crippen LogP contribution in [0.3, 0.4) is 0 Å². The predicted octanol–water partition coefficient (Wildman–Crippen LogP) is 2.01. The lowest BCUT2D eigenvalue weighted by Gasteiger charge is -2.11. The van der Waals surface area contributed by atoms with Crippen molar-refractivity contribution < 1.29 is 9.53 Å². The standard InChI is InChI=1S/C14H15Cl2N3O3/c1-13(9-14(13,15)16)11(20)22-8-4-7-19-12(21)18-6-3-2-5-10(18)17-19/h2-3,5-6H,4,7-9H2,1H3. The van der Waals surface area contributed by atoms with Gasteiger partial charge in [0.2, 0.25) is 0 Å². The minimum atomic E-state index is -1.03. The van der Waals surface area contributed by atoms with Crippen LogP contribution in [0.1, 0.15) is 19.8 Å². The summed E-state index contributed by atoms with van der Waals surface area (Å²) in [6, 6.07) is 5.34. The highest BCUT2D eigenvalue weighted by Crippen LogP contribution is 2.64. The maximum atomic E-state index is 12.0. The molecule has 3 rings (SSSR count). The fraction of sp³-hybridized carbons (Fsp3) is 0.500. The molecule has 2 aromatic heterocycles. The van der Waals surface area contributed by atoms with Crippen LogP contribution in [-0.4, -0.2) is 31.1 Å². The predicted molar refractivity (Wildman–Crippen MR) is 82.2 cm³/mol. The van der Waals surface area contributed by atoms with Gasteiger partial charge in [-0.2, -0.15) is 0 Å². The lowest BCUT2D eigenvalue weighted by atomic mass is 10.1. The molecule has 2 heterocycles. The van der Waals surface area contributed by atoms with Crippen LogP contribution in [0.2, 0.25) is 0 Å². The first-order valence-electron chi connectivity index (χ1n) is 6.94. The number of ether oxygens (including phenoxy) is 1. The van der Waals surface area contributed by atoms with E-state index in [1.165, 1.54) is 9.08 Å². The van der Waals surface area contributed by atoms with Crippen LogP contribution in [0, 0.1) is 5.41 Å². The molecule has 0 aliphatic heterocycles. The molecular formula is C14H15Cl2N3O3. The summed E-state index contributed by atoms with van der Waals surface area (Å²) in [7, 11) is 0. The Bertz CT molecular complexity index is 783. The number of nitrogens with zero attached hydrogens (tertiary/aromatic N) is 3. The van der Waals surface area contributed by atoms with Crippen LogP contribution >= 0.6 is 23.2 Å². The number of aryl methyl sites for hydroxylation is 1. The summed E-state index contributed by atoms with van der Waals surface area (Å²) in [6.45, 7) is 2.25. The second kappa shape index (κ2) is 5.28. The Balaban J connectivity index is 1.54. The van der Waals surface area contributed by atoms with E-state index in [1.54, 1.807) is 25.3 Å². The van der Waals surface area contributed by atoms with Crippen molar-refractivity contribution in [1.29, 1.82) is 0 Å². The van der Waals surface area contributed by atoms with Crippen LogP contribution < -0.4 is 5.69 Å². The van der Waals surface area contributed by atoms with Gasteiger partial charge in [-0.3, -0.25) is 9.20 Å². The van der Waals surface area contributed by atoms with Crippen molar-refractivity contribution in [2.75, 3.05) is 6.61 Å². The lowest BCUT2D eigenvalue weighted by molar-refractivity contribution is -0.149. The van der Waals surface area contributed by atoms with Crippen molar-refractivity contribution in [2.45, 2.75) is 30.6 Å². The topological polar surface area (TPSA) is 65.6 Å². The second-order valence-electron chi connectivity index (χ2n) is 5.64. The van der Waals surface area contributed by atoms with Gasteiger partial charge in [-0.15, -0.1) is 28.3 Å². The minimum Gasteiger partial charge on any atom is -0.465 e. The Hall–Kier alpha value is -1.53. The Labute approximate surface area is 136 Å². The van der Waals surface area contributed by atoms with Gasteiger partial charge in [0, 0.05) is 25.6 Å². The Morgan fingerprint density at radius 3 is 2.82 bits per heavy atom. The molecule has 0 radical (unpaired) electrons. The summed E-state index contributed by atoms with van der Waals surface area (Å²) in [6.07, 6.45) is 2.55. The van der Waals surface area contributed by atoms with Crippen LogP contribution in [0.5, 0.6) is 0 Å². The molecule has 1 aliphatic carbocycles. The third-order valence-electron chi connectivity index (χ3n) is 3.94. The molecule has 1 aliphatic rings. The summed E-state index contributed by atoms with van der Waals surface area (Å²) in [5, 5.41) is 4.20. The number of carbonyl (C=O) groups is 1. The molecular weight excluding hydrogens is 329 g/mol. The zero-order valence-electron chi connectivity index (χ0n) is 12.0. The number of fused-ring (bicyclic) bond motifs is 1. The normalized spacial score (nSPS) is 22.7. The van der Waals surface area contributed by atoms with E-state index in [4.69, 9.17) is 27.9 Å². The van der Waals surface area contributed by atoms with Crippen LogP contribution in [-0.2, 0) is 16.1 Å². The van der Waals surface area contributed by atoms with Crippen LogP contribution in [0.25, 0.3) is 5.65 Å². The van der Waals surface area contributed by atoms with E-state index in [0.717, 1.165) is 0 Å². The first-order valence-corrected chi connectivity index (χ1v) is 7.70. The molecule has 1 saturated carbocycles. The molecule has 0 saturated heterocycles. The Kier molecular flexibility index (Phi) is 3.69. The number of pyridine rings is 1. The van der Waals surface area contributed by atoms with E-state index in [0.29, 0.717) is 25.0 Å². The van der Waals surface area contributed by atoms with Crippen molar-refractivity contribution in [2.24, 2.45) is 5.41 Å². The summed E-state index contributed by atoms with van der Waals surface area (Å²) >= 11 is 11.8. The SMILES string of the molecule is CC1(C(=O)OCCCn2nc3ccccn3c2=O)CC1(Cl)Cl. The largest absolute Gasteiger partial charge is 0.465 e. The zero-order valence-corrected chi connectivity index (χ0v) is 13.5. The van der Waals surface area contributed by atoms with Crippen LogP contribution in [0.15, 0.2) is 29.2 Å². The monoisotopic (exact) mass is 343 g/mol. The Morgan fingerprint density at radius 1 is 1.45 bits per heavy atom. The molecule has 6 nitrogen and oxygen atoms in total. The van der Waals surface area contributed by atoms with Crippen molar-refractivity contribution in [1.82, 2.24) is 14.2 Å². The second-order valence-corrected chi connectivity index (χ2v) is 7.12. The summed E-state index contributed by atoms with van der Waals surface area (Å²) in [5.41, 5.74) is -0.448. The molecule has 0 spiro atoms. The van der Waals surface area contributed by atoms with Gasteiger partial charge >= 0.3 is 11.7 Å². The molecule has 22 heavy (non-hydrogen) atoms. The number of halogens is 2. The Morgan fingerprint density at radius 2 is 2.18 bits per heavy atom. The maximum absolute atomic E-state index is 12.0. The van der Waals surface area contributed by atoms with Gasteiger partial charge in [0.05, 0.1) is 6.61 Å². The van der Waals surface area contributed by atoms with E-state index in [2.05, 4.69) is 5.10 Å². The highest BCUT2D eigenvalue weighted by atomic mass is 35.5. The van der Waals surface area contributed by atoms with E-state index < -0.39 is 15.7 Å². The van der Waals surface area contributed by atoms with Gasteiger partial charge in [-0.25, -0.2) is 9.48 Å². The van der Waals surface area contributed by atoms with Gasteiger partial charge in [-0.1, -0.05) is 6.07 Å².